The van der Waals surface area contributed by atoms with Crippen LogP contribution in [0.2, 0.25) is 0 Å². The van der Waals surface area contributed by atoms with Gasteiger partial charge in [-0.15, -0.1) is 0 Å². The minimum Gasteiger partial charge on any atom is -0.377 e. The Morgan fingerprint density at radius 3 is 2.68 bits per heavy atom. The van der Waals surface area contributed by atoms with E-state index in [1.54, 1.807) is 24.3 Å². The van der Waals surface area contributed by atoms with Gasteiger partial charge in [-0.3, -0.25) is 0 Å². The molecular weight excluding hydrogens is 264 g/mol. The number of nitrogens with zero attached hydrogens (tertiary/aromatic N) is 1. The van der Waals surface area contributed by atoms with Gasteiger partial charge in [-0.1, -0.05) is 18.2 Å². The predicted molar refractivity (Wildman–Crippen MR) is 72.9 cm³/mol. The third-order valence-corrected chi connectivity index (χ3v) is 3.69. The van der Waals surface area contributed by atoms with Crippen molar-refractivity contribution in [2.75, 3.05) is 13.2 Å². The van der Waals surface area contributed by atoms with Gasteiger partial charge in [0.2, 0.25) is 10.0 Å². The fraction of sp³-hybridized carbons (Fsp3) is 0.462. The van der Waals surface area contributed by atoms with Gasteiger partial charge in [-0.2, -0.15) is 5.26 Å². The SMILES string of the molecule is CC(C)OCCNS(=O)(=O)Cc1ccccc1C#N. The first-order valence-corrected chi connectivity index (χ1v) is 7.67. The standard InChI is InChI=1S/C13H18N2O3S/c1-11(2)18-8-7-15-19(16,17)10-13-6-4-3-5-12(13)9-14/h3-6,11,15H,7-8,10H2,1-2H3. The highest BCUT2D eigenvalue weighted by molar-refractivity contribution is 7.88. The molecule has 0 unspecified atom stereocenters. The Hall–Kier alpha value is -1.42. The quantitative estimate of drug-likeness (QED) is 0.767. The van der Waals surface area contributed by atoms with Crippen molar-refractivity contribution in [3.05, 3.63) is 35.4 Å². The largest absolute Gasteiger partial charge is 0.377 e. The Bertz CT molecular complexity index is 547. The number of ether oxygens (including phenoxy) is 1. The van der Waals surface area contributed by atoms with Crippen molar-refractivity contribution in [3.63, 3.8) is 0 Å². The molecule has 0 aliphatic heterocycles. The number of sulfonamides is 1. The van der Waals surface area contributed by atoms with E-state index in [0.29, 0.717) is 17.7 Å². The molecule has 0 atom stereocenters. The van der Waals surface area contributed by atoms with E-state index in [1.807, 2.05) is 19.9 Å². The number of benzene rings is 1. The van der Waals surface area contributed by atoms with Crippen LogP contribution < -0.4 is 4.72 Å². The lowest BCUT2D eigenvalue weighted by atomic mass is 10.1. The Kier molecular flexibility index (Phi) is 5.96. The van der Waals surface area contributed by atoms with Crippen LogP contribution in [0.25, 0.3) is 0 Å². The average Bonchev–Trinajstić information content (AvgIpc) is 2.35. The molecule has 0 saturated heterocycles. The van der Waals surface area contributed by atoms with Crippen LogP contribution in [0, 0.1) is 11.3 Å². The van der Waals surface area contributed by atoms with Gasteiger partial charge < -0.3 is 4.74 Å². The molecule has 19 heavy (non-hydrogen) atoms. The van der Waals surface area contributed by atoms with Gasteiger partial charge in [0, 0.05) is 6.54 Å². The summed E-state index contributed by atoms with van der Waals surface area (Å²) in [6.07, 6.45) is 0.0730. The third kappa shape index (κ3) is 5.83. The minimum absolute atomic E-state index is 0.0730. The third-order valence-electron chi connectivity index (χ3n) is 2.36. The average molecular weight is 282 g/mol. The van der Waals surface area contributed by atoms with E-state index >= 15 is 0 Å². The lowest BCUT2D eigenvalue weighted by molar-refractivity contribution is 0.0834. The van der Waals surface area contributed by atoms with E-state index in [1.165, 1.54) is 0 Å². The molecule has 0 heterocycles. The van der Waals surface area contributed by atoms with Crippen LogP contribution in [0.3, 0.4) is 0 Å². The first-order chi connectivity index (χ1) is 8.94. The molecule has 0 saturated carbocycles. The summed E-state index contributed by atoms with van der Waals surface area (Å²) < 4.78 is 31.4. The highest BCUT2D eigenvalue weighted by atomic mass is 32.2. The zero-order valence-electron chi connectivity index (χ0n) is 11.1. The summed E-state index contributed by atoms with van der Waals surface area (Å²) >= 11 is 0. The molecule has 0 aromatic heterocycles. The van der Waals surface area contributed by atoms with Gasteiger partial charge in [0.25, 0.3) is 0 Å². The van der Waals surface area contributed by atoms with E-state index in [2.05, 4.69) is 4.72 Å². The maximum atomic E-state index is 11.8. The number of nitrogens with one attached hydrogen (secondary N) is 1. The Balaban J connectivity index is 2.57. The highest BCUT2D eigenvalue weighted by Crippen LogP contribution is 2.10. The molecule has 0 radical (unpaired) electrons. The molecule has 1 aromatic rings. The molecule has 0 amide bonds. The number of hydrogen-bond acceptors (Lipinski definition) is 4. The van der Waals surface area contributed by atoms with Crippen LogP contribution in [0.15, 0.2) is 24.3 Å². The lowest BCUT2D eigenvalue weighted by Gasteiger charge is -2.10. The second-order valence-corrected chi connectivity index (χ2v) is 6.15. The summed E-state index contributed by atoms with van der Waals surface area (Å²) in [5, 5.41) is 8.91. The summed E-state index contributed by atoms with van der Waals surface area (Å²) in [4.78, 5) is 0. The van der Waals surface area contributed by atoms with Crippen molar-refractivity contribution >= 4 is 10.0 Å². The normalized spacial score (nSPS) is 11.5. The van der Waals surface area contributed by atoms with Crippen LogP contribution in [0.5, 0.6) is 0 Å². The number of hydrogen-bond donors (Lipinski definition) is 1. The molecule has 5 nitrogen and oxygen atoms in total. The van der Waals surface area contributed by atoms with Crippen LogP contribution in [0.1, 0.15) is 25.0 Å². The Morgan fingerprint density at radius 2 is 2.05 bits per heavy atom. The second-order valence-electron chi connectivity index (χ2n) is 4.34. The van der Waals surface area contributed by atoms with Crippen molar-refractivity contribution in [1.29, 1.82) is 5.26 Å². The Labute approximate surface area is 114 Å². The molecule has 6 heteroatoms. The van der Waals surface area contributed by atoms with E-state index in [9.17, 15) is 8.42 Å². The van der Waals surface area contributed by atoms with Crippen molar-refractivity contribution in [1.82, 2.24) is 4.72 Å². The van der Waals surface area contributed by atoms with Crippen molar-refractivity contribution < 1.29 is 13.2 Å². The summed E-state index contributed by atoms with van der Waals surface area (Å²) in [6, 6.07) is 8.65. The topological polar surface area (TPSA) is 79.2 Å². The molecule has 0 aliphatic rings. The van der Waals surface area contributed by atoms with Crippen LogP contribution in [-0.2, 0) is 20.5 Å². The van der Waals surface area contributed by atoms with Crippen LogP contribution in [0.4, 0.5) is 0 Å². The zero-order chi connectivity index (χ0) is 14.3. The summed E-state index contributed by atoms with van der Waals surface area (Å²) in [5.41, 5.74) is 0.883. The first-order valence-electron chi connectivity index (χ1n) is 6.01. The number of nitriles is 1. The van der Waals surface area contributed by atoms with Crippen molar-refractivity contribution in [3.8, 4) is 6.07 Å². The molecule has 0 bridgehead atoms. The highest BCUT2D eigenvalue weighted by Gasteiger charge is 2.13. The second kappa shape index (κ2) is 7.24. The molecule has 0 fully saturated rings. The lowest BCUT2D eigenvalue weighted by Crippen LogP contribution is -2.29. The number of rotatable bonds is 7. The minimum atomic E-state index is -3.45. The maximum absolute atomic E-state index is 11.8. The molecule has 1 aromatic carbocycles. The van der Waals surface area contributed by atoms with Gasteiger partial charge >= 0.3 is 0 Å². The molecule has 0 spiro atoms. The molecular formula is C13H18N2O3S. The molecule has 104 valence electrons. The van der Waals surface area contributed by atoms with Crippen LogP contribution >= 0.6 is 0 Å². The van der Waals surface area contributed by atoms with Gasteiger partial charge in [0.1, 0.15) is 0 Å². The van der Waals surface area contributed by atoms with Gasteiger partial charge in [0.15, 0.2) is 0 Å². The molecule has 0 aliphatic carbocycles. The van der Waals surface area contributed by atoms with Crippen LogP contribution in [-0.4, -0.2) is 27.7 Å². The van der Waals surface area contributed by atoms with Gasteiger partial charge in [-0.05, 0) is 25.5 Å². The fourth-order valence-electron chi connectivity index (χ4n) is 1.50. The Morgan fingerprint density at radius 1 is 1.37 bits per heavy atom. The van der Waals surface area contributed by atoms with Crippen molar-refractivity contribution in [2.45, 2.75) is 25.7 Å². The monoisotopic (exact) mass is 282 g/mol. The van der Waals surface area contributed by atoms with Gasteiger partial charge in [0.05, 0.1) is 30.1 Å². The zero-order valence-corrected chi connectivity index (χ0v) is 11.9. The van der Waals surface area contributed by atoms with E-state index < -0.39 is 10.0 Å². The molecule has 1 rings (SSSR count). The summed E-state index contributed by atoms with van der Waals surface area (Å²) in [7, 11) is -3.45. The van der Waals surface area contributed by atoms with E-state index in [0.717, 1.165) is 0 Å². The summed E-state index contributed by atoms with van der Waals surface area (Å²) in [6.45, 7) is 4.33. The maximum Gasteiger partial charge on any atom is 0.215 e. The van der Waals surface area contributed by atoms with Crippen molar-refractivity contribution in [2.24, 2.45) is 0 Å². The van der Waals surface area contributed by atoms with E-state index in [-0.39, 0.29) is 18.4 Å². The summed E-state index contributed by atoms with van der Waals surface area (Å²) in [5.74, 6) is -0.196. The van der Waals surface area contributed by atoms with E-state index in [4.69, 9.17) is 10.00 Å². The first kappa shape index (κ1) is 15.6. The fourth-order valence-corrected chi connectivity index (χ4v) is 2.66. The molecule has 1 N–H and O–H groups in total. The smallest absolute Gasteiger partial charge is 0.215 e. The predicted octanol–water partition coefficient (Wildman–Crippen LogP) is 1.40. The van der Waals surface area contributed by atoms with Gasteiger partial charge in [-0.25, -0.2) is 13.1 Å².